The smallest absolute Gasteiger partial charge is 0.235 e. The second kappa shape index (κ2) is 12.4. The van der Waals surface area contributed by atoms with Gasteiger partial charge in [-0.05, 0) is 83.2 Å². The highest BCUT2D eigenvalue weighted by Crippen LogP contribution is 2.44. The Balaban J connectivity index is 1.07. The van der Waals surface area contributed by atoms with Gasteiger partial charge in [0.05, 0.1) is 33.3 Å². The third-order valence-corrected chi connectivity index (χ3v) is 13.3. The van der Waals surface area contributed by atoms with Gasteiger partial charge in [0.2, 0.25) is 5.95 Å². The lowest BCUT2D eigenvalue weighted by Crippen LogP contribution is -2.04. The van der Waals surface area contributed by atoms with E-state index in [2.05, 4.69) is 203 Å². The molecule has 5 heteroatoms. The van der Waals surface area contributed by atoms with Crippen LogP contribution >= 0.6 is 11.3 Å². The van der Waals surface area contributed by atoms with Gasteiger partial charge in [0.1, 0.15) is 0 Å². The standard InChI is InChI=1S/C54H32N4S/c1-2-14-35(15-3-1)57-47-23-11-7-17-37(47)43-30-33(26-28-49(43)57)42-32-45-38-18-8-12-24-48(38)58(53(45)40-20-5-4-16-36(40)42)54-55-46-22-10-6-21-41(46)52(56-54)34-27-29-51-44(31-34)39-19-9-13-25-50(39)59-51/h1-32H. The van der Waals surface area contributed by atoms with Crippen LogP contribution in [0.2, 0.25) is 0 Å². The molecule has 0 aliphatic rings. The molecule has 4 aromatic heterocycles. The topological polar surface area (TPSA) is 35.6 Å². The Morgan fingerprint density at radius 3 is 1.78 bits per heavy atom. The van der Waals surface area contributed by atoms with Gasteiger partial charge in [0.25, 0.3) is 0 Å². The summed E-state index contributed by atoms with van der Waals surface area (Å²) in [6, 6.07) is 70.1. The monoisotopic (exact) mass is 768 g/mol. The zero-order valence-corrected chi connectivity index (χ0v) is 32.5. The van der Waals surface area contributed by atoms with Crippen LogP contribution in [0.15, 0.2) is 194 Å². The second-order valence-electron chi connectivity index (χ2n) is 15.3. The van der Waals surface area contributed by atoms with E-state index in [4.69, 9.17) is 9.97 Å². The van der Waals surface area contributed by atoms with E-state index in [9.17, 15) is 0 Å². The van der Waals surface area contributed by atoms with Crippen LogP contribution in [0.1, 0.15) is 0 Å². The lowest BCUT2D eigenvalue weighted by Gasteiger charge is -2.14. The fourth-order valence-electron chi connectivity index (χ4n) is 9.52. The van der Waals surface area contributed by atoms with Crippen LogP contribution in [0, 0.1) is 0 Å². The van der Waals surface area contributed by atoms with Crippen molar-refractivity contribution in [3.63, 3.8) is 0 Å². The lowest BCUT2D eigenvalue weighted by molar-refractivity contribution is 1.02. The molecule has 0 saturated heterocycles. The normalized spacial score (nSPS) is 12.1. The molecule has 59 heavy (non-hydrogen) atoms. The van der Waals surface area contributed by atoms with Crippen LogP contribution in [-0.2, 0) is 0 Å². The van der Waals surface area contributed by atoms with Gasteiger partial charge in [0, 0.05) is 63.7 Å². The average Bonchev–Trinajstić information content (AvgIpc) is 3.96. The lowest BCUT2D eigenvalue weighted by atomic mass is 9.94. The fourth-order valence-corrected chi connectivity index (χ4v) is 10.6. The van der Waals surface area contributed by atoms with Gasteiger partial charge < -0.3 is 4.57 Å². The van der Waals surface area contributed by atoms with Gasteiger partial charge in [-0.2, -0.15) is 0 Å². The van der Waals surface area contributed by atoms with Crippen LogP contribution in [0.5, 0.6) is 0 Å². The summed E-state index contributed by atoms with van der Waals surface area (Å²) >= 11 is 1.84. The molecule has 274 valence electrons. The predicted octanol–water partition coefficient (Wildman–Crippen LogP) is 14.7. The first-order chi connectivity index (χ1) is 29.3. The second-order valence-corrected chi connectivity index (χ2v) is 16.4. The van der Waals surface area contributed by atoms with E-state index in [1.807, 2.05) is 11.3 Å². The Hall–Kier alpha value is -7.60. The average molecular weight is 769 g/mol. The maximum absolute atomic E-state index is 5.52. The van der Waals surface area contributed by atoms with Crippen LogP contribution in [0.3, 0.4) is 0 Å². The SMILES string of the molecule is c1ccc(-n2c3ccccc3c3cc(-c4cc5c6ccccc6n(-c6nc(-c7ccc8sc9ccccc9c8c7)c7ccccc7n6)c5c5ccccc45)ccc32)cc1. The summed E-state index contributed by atoms with van der Waals surface area (Å²) in [5.41, 5.74) is 11.0. The summed E-state index contributed by atoms with van der Waals surface area (Å²) < 4.78 is 7.24. The summed E-state index contributed by atoms with van der Waals surface area (Å²) in [5.74, 6) is 0.660. The van der Waals surface area contributed by atoms with Crippen molar-refractivity contribution in [3.8, 4) is 34.0 Å². The quantitative estimate of drug-likeness (QED) is 0.179. The third-order valence-electron chi connectivity index (χ3n) is 12.1. The van der Waals surface area contributed by atoms with Gasteiger partial charge in [-0.3, -0.25) is 4.57 Å². The van der Waals surface area contributed by atoms with E-state index in [0.29, 0.717) is 5.95 Å². The molecule has 0 amide bonds. The molecule has 4 heterocycles. The molecular weight excluding hydrogens is 737 g/mol. The van der Waals surface area contributed by atoms with Crippen molar-refractivity contribution in [2.24, 2.45) is 0 Å². The maximum atomic E-state index is 5.52. The van der Waals surface area contributed by atoms with Crippen LogP contribution in [0.25, 0.3) is 119 Å². The van der Waals surface area contributed by atoms with E-state index in [-0.39, 0.29) is 0 Å². The van der Waals surface area contributed by atoms with Gasteiger partial charge in [0.15, 0.2) is 0 Å². The molecule has 0 spiro atoms. The minimum atomic E-state index is 0.660. The predicted molar refractivity (Wildman–Crippen MR) is 249 cm³/mol. The number of rotatable bonds is 4. The van der Waals surface area contributed by atoms with Gasteiger partial charge in [-0.1, -0.05) is 127 Å². The summed E-state index contributed by atoms with van der Waals surface area (Å²) in [7, 11) is 0. The number of hydrogen-bond donors (Lipinski definition) is 0. The Bertz CT molecular complexity index is 3850. The third kappa shape index (κ3) is 4.77. The minimum absolute atomic E-state index is 0.660. The molecule has 13 rings (SSSR count). The Labute approximate surface area is 342 Å². The number of hydrogen-bond acceptors (Lipinski definition) is 3. The summed E-state index contributed by atoms with van der Waals surface area (Å²) in [6.07, 6.45) is 0. The number of thiophene rings is 1. The number of aromatic nitrogens is 4. The van der Waals surface area contributed by atoms with Crippen molar-refractivity contribution < 1.29 is 0 Å². The van der Waals surface area contributed by atoms with Crippen molar-refractivity contribution in [1.82, 2.24) is 19.1 Å². The number of nitrogens with zero attached hydrogens (tertiary/aromatic N) is 4. The van der Waals surface area contributed by atoms with Crippen LogP contribution in [-0.4, -0.2) is 19.1 Å². The summed E-state index contributed by atoms with van der Waals surface area (Å²) in [4.78, 5) is 10.9. The molecule has 0 aliphatic carbocycles. The Morgan fingerprint density at radius 1 is 0.356 bits per heavy atom. The molecule has 0 aliphatic heterocycles. The number of para-hydroxylation sites is 4. The molecule has 4 nitrogen and oxygen atoms in total. The van der Waals surface area contributed by atoms with Gasteiger partial charge in [-0.25, -0.2) is 9.97 Å². The van der Waals surface area contributed by atoms with Gasteiger partial charge >= 0.3 is 0 Å². The molecule has 0 N–H and O–H groups in total. The molecule has 0 fully saturated rings. The molecule has 13 aromatic rings. The van der Waals surface area contributed by atoms with Crippen molar-refractivity contribution in [2.75, 3.05) is 0 Å². The van der Waals surface area contributed by atoms with Crippen LogP contribution in [0.4, 0.5) is 0 Å². The zero-order chi connectivity index (χ0) is 38.6. The molecule has 9 aromatic carbocycles. The largest absolute Gasteiger partial charge is 0.309 e. The van der Waals surface area contributed by atoms with E-state index in [1.165, 1.54) is 69.3 Å². The molecule has 0 unspecified atom stereocenters. The van der Waals surface area contributed by atoms with Crippen molar-refractivity contribution >= 4 is 96.8 Å². The molecule has 0 saturated carbocycles. The van der Waals surface area contributed by atoms with Crippen molar-refractivity contribution in [3.05, 3.63) is 194 Å². The number of fused-ring (bicyclic) bond motifs is 12. The van der Waals surface area contributed by atoms with Crippen LogP contribution < -0.4 is 0 Å². The minimum Gasteiger partial charge on any atom is -0.309 e. The van der Waals surface area contributed by atoms with E-state index >= 15 is 0 Å². The highest BCUT2D eigenvalue weighted by atomic mass is 32.1. The molecule has 0 bridgehead atoms. The first-order valence-electron chi connectivity index (χ1n) is 20.0. The zero-order valence-electron chi connectivity index (χ0n) is 31.7. The fraction of sp³-hybridized carbons (Fsp3) is 0. The summed E-state index contributed by atoms with van der Waals surface area (Å²) in [6.45, 7) is 0. The first kappa shape index (κ1) is 32.5. The molecule has 0 radical (unpaired) electrons. The van der Waals surface area contributed by atoms with E-state index in [1.54, 1.807) is 0 Å². The van der Waals surface area contributed by atoms with E-state index < -0.39 is 0 Å². The Morgan fingerprint density at radius 2 is 0.949 bits per heavy atom. The van der Waals surface area contributed by atoms with E-state index in [0.717, 1.165) is 44.3 Å². The summed E-state index contributed by atoms with van der Waals surface area (Å²) in [5, 5.41) is 10.7. The first-order valence-corrected chi connectivity index (χ1v) is 20.8. The number of benzene rings is 9. The molecular formula is C54H32N4S. The Kier molecular flexibility index (Phi) is 6.85. The maximum Gasteiger partial charge on any atom is 0.235 e. The highest BCUT2D eigenvalue weighted by molar-refractivity contribution is 7.25. The van der Waals surface area contributed by atoms with Crippen molar-refractivity contribution in [2.45, 2.75) is 0 Å². The van der Waals surface area contributed by atoms with Gasteiger partial charge in [-0.15, -0.1) is 11.3 Å². The van der Waals surface area contributed by atoms with Crippen molar-refractivity contribution in [1.29, 1.82) is 0 Å². The molecule has 0 atom stereocenters. The highest BCUT2D eigenvalue weighted by Gasteiger charge is 2.22.